The number of aromatic nitrogens is 1. The second kappa shape index (κ2) is 10.3. The van der Waals surface area contributed by atoms with Crippen molar-refractivity contribution in [2.75, 3.05) is 5.32 Å². The van der Waals surface area contributed by atoms with Crippen LogP contribution < -0.4 is 10.0 Å². The number of nitrogens with one attached hydrogen (secondary N) is 2. The first-order valence-electron chi connectivity index (χ1n) is 9.01. The van der Waals surface area contributed by atoms with Crippen LogP contribution in [0, 0.1) is 0 Å². The van der Waals surface area contributed by atoms with Crippen LogP contribution >= 0.6 is 23.2 Å². The average Bonchev–Trinajstić information content (AvgIpc) is 2.60. The van der Waals surface area contributed by atoms with E-state index in [2.05, 4.69) is 15.0 Å². The standard InChI is InChI=1S/C19H22AsCl2N3O5S/c1-19(2,3)25-31(29,30)20-13(18(27)28)8-11-4-6-12(7-5-11)24-17(26)16-14(21)9-23-10-15(16)22/h4-7,9-10,13,20,25H,8H2,1-3H3,(H,24,26)(H,27,28)/t13-/m0/s1. The number of pyridine rings is 1. The van der Waals surface area contributed by atoms with Gasteiger partial charge in [-0.25, -0.2) is 0 Å². The van der Waals surface area contributed by atoms with Crippen molar-refractivity contribution in [2.45, 2.75) is 37.4 Å². The summed E-state index contributed by atoms with van der Waals surface area (Å²) in [7, 11) is -3.66. The topological polar surface area (TPSA) is 125 Å². The van der Waals surface area contributed by atoms with E-state index >= 15 is 0 Å². The van der Waals surface area contributed by atoms with Crippen LogP contribution in [0.2, 0.25) is 14.8 Å². The molecule has 12 heteroatoms. The Hall–Kier alpha value is -1.64. The SMILES string of the molecule is CC(C)(C)NS(=O)(=O)[AsH][C@@H](Cc1ccc(NC(=O)c2c(Cl)cncc2Cl)cc1)C(=O)O. The zero-order chi connectivity index (χ0) is 23.4. The Balaban J connectivity index is 2.09. The summed E-state index contributed by atoms with van der Waals surface area (Å²) >= 11 is 10.1. The van der Waals surface area contributed by atoms with E-state index in [0.717, 1.165) is 0 Å². The Morgan fingerprint density at radius 1 is 1.13 bits per heavy atom. The van der Waals surface area contributed by atoms with Gasteiger partial charge < -0.3 is 0 Å². The Morgan fingerprint density at radius 3 is 2.16 bits per heavy atom. The van der Waals surface area contributed by atoms with Gasteiger partial charge in [-0.05, 0) is 0 Å². The zero-order valence-electron chi connectivity index (χ0n) is 16.9. The molecule has 168 valence electrons. The van der Waals surface area contributed by atoms with Gasteiger partial charge in [-0.1, -0.05) is 0 Å². The molecule has 0 saturated heterocycles. The van der Waals surface area contributed by atoms with Gasteiger partial charge in [0.15, 0.2) is 0 Å². The van der Waals surface area contributed by atoms with Gasteiger partial charge >= 0.3 is 197 Å². The first-order chi connectivity index (χ1) is 14.3. The summed E-state index contributed by atoms with van der Waals surface area (Å²) in [5.74, 6) is -1.67. The van der Waals surface area contributed by atoms with Crippen molar-refractivity contribution >= 4 is 63.6 Å². The molecule has 0 aliphatic rings. The first kappa shape index (κ1) is 25.6. The molecule has 1 aromatic carbocycles. The molecule has 0 saturated carbocycles. The molecule has 3 N–H and O–H groups in total. The van der Waals surface area contributed by atoms with E-state index in [0.29, 0.717) is 11.3 Å². The molecular weight excluding hydrogens is 528 g/mol. The third-order valence-electron chi connectivity index (χ3n) is 3.77. The fourth-order valence-electron chi connectivity index (χ4n) is 2.58. The number of benzene rings is 1. The predicted octanol–water partition coefficient (Wildman–Crippen LogP) is 3.13. The second-order valence-corrected chi connectivity index (χ2v) is 16.3. The van der Waals surface area contributed by atoms with Crippen molar-refractivity contribution in [1.29, 1.82) is 0 Å². The normalized spacial score (nSPS) is 13.3. The van der Waals surface area contributed by atoms with Gasteiger partial charge in [0.05, 0.1) is 0 Å². The van der Waals surface area contributed by atoms with Crippen molar-refractivity contribution in [3.8, 4) is 0 Å². The predicted molar refractivity (Wildman–Crippen MR) is 123 cm³/mol. The molecule has 0 bridgehead atoms. The number of carboxylic acid groups (broad SMARTS) is 1. The van der Waals surface area contributed by atoms with Gasteiger partial charge in [0.2, 0.25) is 0 Å². The molecule has 2 aromatic rings. The Morgan fingerprint density at radius 2 is 1.68 bits per heavy atom. The fraction of sp³-hybridized carbons (Fsp3) is 0.316. The van der Waals surface area contributed by atoms with E-state index in [1.807, 2.05) is 0 Å². The van der Waals surface area contributed by atoms with Gasteiger partial charge in [-0.15, -0.1) is 0 Å². The van der Waals surface area contributed by atoms with Crippen molar-refractivity contribution in [2.24, 2.45) is 0 Å². The van der Waals surface area contributed by atoms with Gasteiger partial charge in [-0.3, -0.25) is 0 Å². The number of aliphatic carboxylic acids is 1. The summed E-state index contributed by atoms with van der Waals surface area (Å²) < 4.78 is 26.2. The molecule has 0 spiro atoms. The minimum absolute atomic E-state index is 0.0661. The molecule has 2 rings (SSSR count). The molecule has 0 aliphatic heterocycles. The number of carbonyl (C=O) groups is 2. The van der Waals surface area contributed by atoms with E-state index in [4.69, 9.17) is 23.2 Å². The third kappa shape index (κ3) is 8.09. The van der Waals surface area contributed by atoms with Crippen LogP contribution in [0.25, 0.3) is 0 Å². The second-order valence-electron chi connectivity index (χ2n) is 7.70. The summed E-state index contributed by atoms with van der Waals surface area (Å²) in [4.78, 5) is 27.9. The number of amides is 1. The number of hydrogen-bond donors (Lipinski definition) is 3. The van der Waals surface area contributed by atoms with E-state index in [9.17, 15) is 23.1 Å². The Kier molecular flexibility index (Phi) is 8.53. The van der Waals surface area contributed by atoms with Gasteiger partial charge in [0, 0.05) is 0 Å². The van der Waals surface area contributed by atoms with E-state index in [1.165, 1.54) is 12.4 Å². The summed E-state index contributed by atoms with van der Waals surface area (Å²) in [5, 5.41) is 12.4. The summed E-state index contributed by atoms with van der Waals surface area (Å²) in [6.07, 6.45) is 2.68. The van der Waals surface area contributed by atoms with E-state index < -0.39 is 45.0 Å². The summed E-state index contributed by atoms with van der Waals surface area (Å²) in [6.45, 7) is 5.10. The average molecular weight is 550 g/mol. The maximum absolute atomic E-state index is 12.4. The Labute approximate surface area is 196 Å². The molecule has 1 unspecified atom stereocenters. The van der Waals surface area contributed by atoms with Crippen LogP contribution in [0.5, 0.6) is 0 Å². The molecular formula is C19H22AsCl2N3O5S. The number of rotatable bonds is 8. The van der Waals surface area contributed by atoms with Crippen molar-refractivity contribution in [3.63, 3.8) is 0 Å². The van der Waals surface area contributed by atoms with E-state index in [1.54, 1.807) is 45.0 Å². The molecule has 31 heavy (non-hydrogen) atoms. The monoisotopic (exact) mass is 549 g/mol. The molecule has 1 amide bonds. The molecule has 0 radical (unpaired) electrons. The van der Waals surface area contributed by atoms with Crippen LogP contribution in [0.15, 0.2) is 36.7 Å². The van der Waals surface area contributed by atoms with Crippen LogP contribution in [0.1, 0.15) is 36.7 Å². The molecule has 0 aliphatic carbocycles. The Bertz CT molecular complexity index is 1050. The van der Waals surface area contributed by atoms with Crippen molar-refractivity contribution in [1.82, 2.24) is 9.71 Å². The van der Waals surface area contributed by atoms with Gasteiger partial charge in [0.25, 0.3) is 0 Å². The zero-order valence-corrected chi connectivity index (χ0v) is 21.4. The van der Waals surface area contributed by atoms with Crippen LogP contribution in [0.3, 0.4) is 0 Å². The van der Waals surface area contributed by atoms with Gasteiger partial charge in [-0.2, -0.15) is 0 Å². The molecule has 8 nitrogen and oxygen atoms in total. The molecule has 1 aromatic heterocycles. The van der Waals surface area contributed by atoms with Gasteiger partial charge in [0.1, 0.15) is 0 Å². The summed E-state index contributed by atoms with van der Waals surface area (Å²) in [6, 6.07) is 6.46. The van der Waals surface area contributed by atoms with Crippen LogP contribution in [-0.2, 0) is 19.5 Å². The number of anilines is 1. The van der Waals surface area contributed by atoms with Crippen molar-refractivity contribution in [3.05, 3.63) is 57.8 Å². The molecule has 1 heterocycles. The number of carbonyl (C=O) groups excluding carboxylic acids is 1. The maximum atomic E-state index is 12.4. The quantitative estimate of drug-likeness (QED) is 0.434. The number of nitrogens with zero attached hydrogens (tertiary/aromatic N) is 1. The minimum atomic E-state index is -3.66. The third-order valence-corrected chi connectivity index (χ3v) is 11.1. The fourth-order valence-corrected chi connectivity index (χ4v) is 10.9. The summed E-state index contributed by atoms with van der Waals surface area (Å²) in [5.41, 5.74) is 0.504. The van der Waals surface area contributed by atoms with Crippen molar-refractivity contribution < 1.29 is 23.1 Å². The number of hydrogen-bond acceptors (Lipinski definition) is 5. The number of carboxylic acids is 1. The van der Waals surface area contributed by atoms with E-state index in [-0.39, 0.29) is 22.0 Å². The van der Waals surface area contributed by atoms with Crippen LogP contribution in [-0.4, -0.2) is 50.5 Å². The molecule has 0 fully saturated rings. The number of halogens is 2. The first-order valence-corrected chi connectivity index (χ1v) is 15.0. The molecule has 2 atom stereocenters. The van der Waals surface area contributed by atoms with Crippen LogP contribution in [0.4, 0.5) is 5.69 Å².